The number of amides is 1. The number of nitrogens with zero attached hydrogens (tertiary/aromatic N) is 1. The number of anilines is 1. The van der Waals surface area contributed by atoms with Gasteiger partial charge in [0.05, 0.1) is 0 Å². The summed E-state index contributed by atoms with van der Waals surface area (Å²) in [6.45, 7) is 2.44. The molecule has 0 aliphatic heterocycles. The minimum Gasteiger partial charge on any atom is -0.393 e. The maximum absolute atomic E-state index is 11.4. The van der Waals surface area contributed by atoms with Crippen molar-refractivity contribution in [2.45, 2.75) is 26.3 Å². The summed E-state index contributed by atoms with van der Waals surface area (Å²) < 4.78 is 1.07. The third-order valence-electron chi connectivity index (χ3n) is 2.20. The molecule has 0 aliphatic carbocycles. The zero-order valence-electron chi connectivity index (χ0n) is 9.66. The van der Waals surface area contributed by atoms with Gasteiger partial charge in [-0.2, -0.15) is 0 Å². The van der Waals surface area contributed by atoms with E-state index in [4.69, 9.17) is 5.73 Å². The Labute approximate surface area is 97.6 Å². The number of nitrogens with one attached hydrogen (secondary N) is 2. The number of unbranched alkanes of at least 4 members (excludes halogenated alkanes) is 1. The van der Waals surface area contributed by atoms with Crippen molar-refractivity contribution in [3.63, 3.8) is 0 Å². The lowest BCUT2D eigenvalue weighted by Gasteiger charge is -2.06. The first-order valence-corrected chi connectivity index (χ1v) is 5.40. The number of carbonyl (C=O) groups excluding carboxylic acids is 1. The van der Waals surface area contributed by atoms with Crippen LogP contribution in [0.1, 0.15) is 19.8 Å². The Morgan fingerprint density at radius 3 is 2.88 bits per heavy atom. The molecule has 0 bridgehead atoms. The van der Waals surface area contributed by atoms with Gasteiger partial charge in [0.25, 0.3) is 5.56 Å². The van der Waals surface area contributed by atoms with Crippen LogP contribution >= 0.6 is 0 Å². The van der Waals surface area contributed by atoms with Crippen LogP contribution in [-0.4, -0.2) is 22.0 Å². The lowest BCUT2D eigenvalue weighted by molar-refractivity contribution is -0.121. The van der Waals surface area contributed by atoms with E-state index in [9.17, 15) is 14.4 Å². The van der Waals surface area contributed by atoms with Gasteiger partial charge in [-0.15, -0.1) is 0 Å². The molecule has 0 aromatic carbocycles. The fourth-order valence-electron chi connectivity index (χ4n) is 1.26. The van der Waals surface area contributed by atoms with E-state index in [0.29, 0.717) is 6.54 Å². The minimum absolute atomic E-state index is 0.0917. The molecule has 0 unspecified atom stereocenters. The SMILES string of the molecule is CCCCNC(=O)Cn1cc(N)c(=O)[nH]c1=O. The molecule has 1 rings (SSSR count). The van der Waals surface area contributed by atoms with E-state index in [-0.39, 0.29) is 18.1 Å². The monoisotopic (exact) mass is 240 g/mol. The Balaban J connectivity index is 2.69. The summed E-state index contributed by atoms with van der Waals surface area (Å²) in [6.07, 6.45) is 3.03. The number of carbonyl (C=O) groups is 1. The molecule has 1 amide bonds. The third kappa shape index (κ3) is 3.78. The lowest BCUT2D eigenvalue weighted by Crippen LogP contribution is -2.36. The largest absolute Gasteiger partial charge is 0.393 e. The zero-order chi connectivity index (χ0) is 12.8. The van der Waals surface area contributed by atoms with Crippen molar-refractivity contribution in [2.75, 3.05) is 12.3 Å². The topological polar surface area (TPSA) is 110 Å². The van der Waals surface area contributed by atoms with E-state index < -0.39 is 11.2 Å². The molecule has 7 nitrogen and oxygen atoms in total. The van der Waals surface area contributed by atoms with Gasteiger partial charge in [0.2, 0.25) is 5.91 Å². The van der Waals surface area contributed by atoms with Gasteiger partial charge < -0.3 is 11.1 Å². The molecular weight excluding hydrogens is 224 g/mol. The average molecular weight is 240 g/mol. The van der Waals surface area contributed by atoms with Gasteiger partial charge in [-0.05, 0) is 6.42 Å². The maximum atomic E-state index is 11.4. The number of H-pyrrole nitrogens is 1. The number of aromatic nitrogens is 2. The number of nitrogens with two attached hydrogens (primary N) is 1. The normalized spacial score (nSPS) is 10.2. The van der Waals surface area contributed by atoms with Crippen LogP contribution in [0.5, 0.6) is 0 Å². The van der Waals surface area contributed by atoms with Crippen molar-refractivity contribution in [1.82, 2.24) is 14.9 Å². The Kier molecular flexibility index (Phi) is 4.50. The van der Waals surface area contributed by atoms with Gasteiger partial charge in [0, 0.05) is 12.7 Å². The van der Waals surface area contributed by atoms with Gasteiger partial charge >= 0.3 is 5.69 Å². The quantitative estimate of drug-likeness (QED) is 0.575. The molecule has 1 heterocycles. The third-order valence-corrected chi connectivity index (χ3v) is 2.20. The van der Waals surface area contributed by atoms with E-state index in [1.165, 1.54) is 6.20 Å². The molecule has 1 aromatic rings. The van der Waals surface area contributed by atoms with Crippen LogP contribution in [0.2, 0.25) is 0 Å². The summed E-state index contributed by atoms with van der Waals surface area (Å²) in [5.41, 5.74) is 3.98. The molecule has 94 valence electrons. The first kappa shape index (κ1) is 13.0. The predicted octanol–water partition coefficient (Wildman–Crippen LogP) is -0.965. The average Bonchev–Trinajstić information content (AvgIpc) is 2.26. The highest BCUT2D eigenvalue weighted by Crippen LogP contribution is 1.88. The molecule has 4 N–H and O–H groups in total. The molecule has 0 radical (unpaired) electrons. The number of aromatic amines is 1. The summed E-state index contributed by atoms with van der Waals surface area (Å²) in [7, 11) is 0. The highest BCUT2D eigenvalue weighted by Gasteiger charge is 2.06. The first-order chi connectivity index (χ1) is 8.04. The van der Waals surface area contributed by atoms with Crippen molar-refractivity contribution >= 4 is 11.6 Å². The second kappa shape index (κ2) is 5.88. The Hall–Kier alpha value is -2.05. The van der Waals surface area contributed by atoms with Crippen LogP contribution in [0.15, 0.2) is 15.8 Å². The van der Waals surface area contributed by atoms with E-state index in [1.54, 1.807) is 0 Å². The summed E-state index contributed by atoms with van der Waals surface area (Å²) in [4.78, 5) is 35.8. The predicted molar refractivity (Wildman–Crippen MR) is 63.7 cm³/mol. The molecular formula is C10H16N4O3. The molecule has 17 heavy (non-hydrogen) atoms. The van der Waals surface area contributed by atoms with E-state index >= 15 is 0 Å². The highest BCUT2D eigenvalue weighted by molar-refractivity contribution is 5.75. The van der Waals surface area contributed by atoms with E-state index in [0.717, 1.165) is 17.4 Å². The Morgan fingerprint density at radius 2 is 2.24 bits per heavy atom. The first-order valence-electron chi connectivity index (χ1n) is 5.40. The molecule has 7 heteroatoms. The maximum Gasteiger partial charge on any atom is 0.328 e. The fourth-order valence-corrected chi connectivity index (χ4v) is 1.26. The number of hydrogen-bond acceptors (Lipinski definition) is 4. The second-order valence-electron chi connectivity index (χ2n) is 3.68. The molecule has 0 saturated carbocycles. The summed E-state index contributed by atoms with van der Waals surface area (Å²) in [6, 6.07) is 0. The second-order valence-corrected chi connectivity index (χ2v) is 3.68. The van der Waals surface area contributed by atoms with E-state index in [2.05, 4.69) is 5.32 Å². The molecule has 0 saturated heterocycles. The van der Waals surface area contributed by atoms with Gasteiger partial charge in [0.1, 0.15) is 12.2 Å². The van der Waals surface area contributed by atoms with E-state index in [1.807, 2.05) is 11.9 Å². The summed E-state index contributed by atoms with van der Waals surface area (Å²) >= 11 is 0. The molecule has 0 spiro atoms. The summed E-state index contributed by atoms with van der Waals surface area (Å²) in [5.74, 6) is -0.285. The Bertz CT molecular complexity index is 503. The van der Waals surface area contributed by atoms with Crippen LogP contribution in [0, 0.1) is 0 Å². The van der Waals surface area contributed by atoms with Crippen molar-refractivity contribution in [1.29, 1.82) is 0 Å². The smallest absolute Gasteiger partial charge is 0.328 e. The fraction of sp³-hybridized carbons (Fsp3) is 0.500. The standard InChI is InChI=1S/C10H16N4O3/c1-2-3-4-12-8(15)6-14-5-7(11)9(16)13-10(14)17/h5H,2-4,6,11H2,1H3,(H,12,15)(H,13,16,17). The Morgan fingerprint density at radius 1 is 1.53 bits per heavy atom. The molecule has 0 atom stereocenters. The molecule has 0 fully saturated rings. The number of hydrogen-bond donors (Lipinski definition) is 3. The minimum atomic E-state index is -0.644. The number of rotatable bonds is 5. The van der Waals surface area contributed by atoms with Gasteiger partial charge in [0.15, 0.2) is 0 Å². The lowest BCUT2D eigenvalue weighted by atomic mass is 10.3. The van der Waals surface area contributed by atoms with Crippen molar-refractivity contribution in [3.05, 3.63) is 27.0 Å². The van der Waals surface area contributed by atoms with Crippen molar-refractivity contribution < 1.29 is 4.79 Å². The zero-order valence-corrected chi connectivity index (χ0v) is 9.66. The van der Waals surface area contributed by atoms with Crippen molar-refractivity contribution in [2.24, 2.45) is 0 Å². The van der Waals surface area contributed by atoms with Crippen molar-refractivity contribution in [3.8, 4) is 0 Å². The number of nitrogen functional groups attached to an aromatic ring is 1. The van der Waals surface area contributed by atoms with Gasteiger partial charge in [-0.3, -0.25) is 19.1 Å². The van der Waals surface area contributed by atoms with Crippen LogP contribution in [-0.2, 0) is 11.3 Å². The van der Waals surface area contributed by atoms with Gasteiger partial charge in [-0.1, -0.05) is 13.3 Å². The van der Waals surface area contributed by atoms with Crippen LogP contribution in [0.4, 0.5) is 5.69 Å². The van der Waals surface area contributed by atoms with Crippen LogP contribution in [0.3, 0.4) is 0 Å². The van der Waals surface area contributed by atoms with Crippen LogP contribution in [0.25, 0.3) is 0 Å². The van der Waals surface area contributed by atoms with Crippen LogP contribution < -0.4 is 22.3 Å². The molecule has 1 aromatic heterocycles. The highest BCUT2D eigenvalue weighted by atomic mass is 16.2. The van der Waals surface area contributed by atoms with Gasteiger partial charge in [-0.25, -0.2) is 4.79 Å². The molecule has 0 aliphatic rings. The summed E-state index contributed by atoms with van der Waals surface area (Å²) in [5, 5.41) is 2.66.